The standard InChI is InChI=1S/C4H7NO2S/c5-3-1-4(2-3)8(6)7/h1,3H,2,5H2,(H,6,7). The van der Waals surface area contributed by atoms with Crippen LogP contribution < -0.4 is 5.73 Å². The highest BCUT2D eigenvalue weighted by atomic mass is 32.2. The summed E-state index contributed by atoms with van der Waals surface area (Å²) in [5.74, 6) is 0. The first-order chi connectivity index (χ1) is 3.70. The molecule has 0 amide bonds. The van der Waals surface area contributed by atoms with Crippen molar-refractivity contribution in [2.45, 2.75) is 12.5 Å². The molecule has 2 unspecified atom stereocenters. The molecule has 8 heavy (non-hydrogen) atoms. The highest BCUT2D eigenvalue weighted by Crippen LogP contribution is 2.18. The highest BCUT2D eigenvalue weighted by molar-refractivity contribution is 7.83. The maximum atomic E-state index is 10.1. The van der Waals surface area contributed by atoms with Gasteiger partial charge in [-0.15, -0.1) is 0 Å². The average Bonchev–Trinajstić information content (AvgIpc) is 1.57. The topological polar surface area (TPSA) is 63.3 Å². The number of nitrogens with two attached hydrogens (primary N) is 1. The van der Waals surface area contributed by atoms with E-state index >= 15 is 0 Å². The van der Waals surface area contributed by atoms with Gasteiger partial charge in [-0.25, -0.2) is 4.21 Å². The van der Waals surface area contributed by atoms with Crippen LogP contribution in [0.3, 0.4) is 0 Å². The maximum absolute atomic E-state index is 10.1. The summed E-state index contributed by atoms with van der Waals surface area (Å²) in [6.07, 6.45) is 2.18. The van der Waals surface area contributed by atoms with E-state index in [9.17, 15) is 4.21 Å². The first kappa shape index (κ1) is 5.94. The van der Waals surface area contributed by atoms with Crippen LogP contribution in [0.25, 0.3) is 0 Å². The third-order valence-electron chi connectivity index (χ3n) is 1.06. The van der Waals surface area contributed by atoms with Crippen molar-refractivity contribution >= 4 is 11.1 Å². The molecule has 0 bridgehead atoms. The monoisotopic (exact) mass is 133 g/mol. The molecule has 2 atom stereocenters. The van der Waals surface area contributed by atoms with E-state index in [1.165, 1.54) is 0 Å². The fourth-order valence-corrected chi connectivity index (χ4v) is 1.19. The highest BCUT2D eigenvalue weighted by Gasteiger charge is 2.18. The minimum Gasteiger partial charge on any atom is -0.324 e. The van der Waals surface area contributed by atoms with Gasteiger partial charge in [0.15, 0.2) is 11.1 Å². The van der Waals surface area contributed by atoms with E-state index in [2.05, 4.69) is 0 Å². The fraction of sp³-hybridized carbons (Fsp3) is 0.500. The molecule has 0 saturated carbocycles. The minimum absolute atomic E-state index is 0.0149. The quantitative estimate of drug-likeness (QED) is 0.488. The van der Waals surface area contributed by atoms with Crippen LogP contribution in [-0.2, 0) is 11.1 Å². The predicted octanol–water partition coefficient (Wildman–Crippen LogP) is -0.177. The largest absolute Gasteiger partial charge is 0.324 e. The molecule has 4 heteroatoms. The van der Waals surface area contributed by atoms with Crippen LogP contribution in [-0.4, -0.2) is 14.8 Å². The zero-order valence-corrected chi connectivity index (χ0v) is 5.02. The van der Waals surface area contributed by atoms with Gasteiger partial charge in [0.05, 0.1) is 0 Å². The molecule has 1 aliphatic rings. The van der Waals surface area contributed by atoms with Gasteiger partial charge in [0.1, 0.15) is 0 Å². The Morgan fingerprint density at radius 1 is 2.00 bits per heavy atom. The van der Waals surface area contributed by atoms with Crippen molar-refractivity contribution in [1.29, 1.82) is 0 Å². The summed E-state index contributed by atoms with van der Waals surface area (Å²) in [6.45, 7) is 0. The van der Waals surface area contributed by atoms with Crippen molar-refractivity contribution < 1.29 is 8.76 Å². The van der Waals surface area contributed by atoms with Gasteiger partial charge >= 0.3 is 0 Å². The van der Waals surface area contributed by atoms with E-state index in [1.807, 2.05) is 0 Å². The van der Waals surface area contributed by atoms with Crippen molar-refractivity contribution in [3.63, 3.8) is 0 Å². The summed E-state index contributed by atoms with van der Waals surface area (Å²) >= 11 is -1.76. The van der Waals surface area contributed by atoms with Crippen LogP contribution in [0.15, 0.2) is 11.0 Å². The molecule has 0 spiro atoms. The molecule has 1 rings (SSSR count). The van der Waals surface area contributed by atoms with Crippen LogP contribution in [0.5, 0.6) is 0 Å². The molecule has 0 aromatic rings. The van der Waals surface area contributed by atoms with E-state index in [0.717, 1.165) is 0 Å². The van der Waals surface area contributed by atoms with Crippen LogP contribution in [0.2, 0.25) is 0 Å². The van der Waals surface area contributed by atoms with Gasteiger partial charge in [0.2, 0.25) is 0 Å². The lowest BCUT2D eigenvalue weighted by Gasteiger charge is -2.17. The molecule has 0 aromatic heterocycles. The van der Waals surface area contributed by atoms with Crippen molar-refractivity contribution in [2.24, 2.45) is 5.73 Å². The van der Waals surface area contributed by atoms with Crippen LogP contribution in [0, 0.1) is 0 Å². The van der Waals surface area contributed by atoms with Crippen molar-refractivity contribution in [3.05, 3.63) is 11.0 Å². The molecule has 0 aliphatic heterocycles. The Bertz CT molecular complexity index is 154. The smallest absolute Gasteiger partial charge is 0.182 e. The molecule has 1 aliphatic carbocycles. The molecule has 0 fully saturated rings. The van der Waals surface area contributed by atoms with Crippen molar-refractivity contribution in [3.8, 4) is 0 Å². The number of hydrogen-bond donors (Lipinski definition) is 2. The Kier molecular flexibility index (Phi) is 1.46. The van der Waals surface area contributed by atoms with Gasteiger partial charge in [-0.3, -0.25) is 0 Å². The van der Waals surface area contributed by atoms with Crippen LogP contribution in [0.4, 0.5) is 0 Å². The molecule has 0 radical (unpaired) electrons. The second kappa shape index (κ2) is 1.97. The third kappa shape index (κ3) is 0.964. The lowest BCUT2D eigenvalue weighted by Crippen LogP contribution is -2.27. The molecule has 0 heterocycles. The second-order valence-corrected chi connectivity index (χ2v) is 2.77. The summed E-state index contributed by atoms with van der Waals surface area (Å²) in [7, 11) is 0. The lowest BCUT2D eigenvalue weighted by atomic mass is 10.1. The van der Waals surface area contributed by atoms with Crippen LogP contribution in [0.1, 0.15) is 6.42 Å². The maximum Gasteiger partial charge on any atom is 0.182 e. The number of rotatable bonds is 1. The normalized spacial score (nSPS) is 30.8. The van der Waals surface area contributed by atoms with Gasteiger partial charge in [0, 0.05) is 17.4 Å². The lowest BCUT2D eigenvalue weighted by molar-refractivity contribution is 0.562. The Morgan fingerprint density at radius 2 is 2.50 bits per heavy atom. The first-order valence-electron chi connectivity index (χ1n) is 2.27. The van der Waals surface area contributed by atoms with Gasteiger partial charge < -0.3 is 10.3 Å². The zero-order valence-electron chi connectivity index (χ0n) is 4.20. The van der Waals surface area contributed by atoms with E-state index in [1.54, 1.807) is 6.08 Å². The average molecular weight is 133 g/mol. The minimum atomic E-state index is -1.76. The Labute approximate surface area is 49.9 Å². The number of hydrogen-bond acceptors (Lipinski definition) is 2. The molecular weight excluding hydrogens is 126 g/mol. The summed E-state index contributed by atoms with van der Waals surface area (Å²) in [4.78, 5) is 0.553. The SMILES string of the molecule is NC1C=C(S(=O)O)C1. The molecule has 0 saturated heterocycles. The zero-order chi connectivity index (χ0) is 6.15. The van der Waals surface area contributed by atoms with Gasteiger partial charge in [0.25, 0.3) is 0 Å². The molecule has 46 valence electrons. The molecule has 3 nitrogen and oxygen atoms in total. The Morgan fingerprint density at radius 3 is 2.62 bits per heavy atom. The van der Waals surface area contributed by atoms with E-state index in [0.29, 0.717) is 11.3 Å². The second-order valence-electron chi connectivity index (χ2n) is 1.75. The van der Waals surface area contributed by atoms with Crippen molar-refractivity contribution in [2.75, 3.05) is 0 Å². The first-order valence-corrected chi connectivity index (χ1v) is 3.38. The van der Waals surface area contributed by atoms with E-state index in [4.69, 9.17) is 10.3 Å². The molecule has 0 aromatic carbocycles. The van der Waals surface area contributed by atoms with Gasteiger partial charge in [-0.05, 0) is 0 Å². The third-order valence-corrected chi connectivity index (χ3v) is 1.81. The van der Waals surface area contributed by atoms with Gasteiger partial charge in [-0.2, -0.15) is 0 Å². The summed E-state index contributed by atoms with van der Waals surface area (Å²) < 4.78 is 18.5. The predicted molar refractivity (Wildman–Crippen MR) is 31.4 cm³/mol. The van der Waals surface area contributed by atoms with E-state index < -0.39 is 11.1 Å². The molecule has 3 N–H and O–H groups in total. The van der Waals surface area contributed by atoms with E-state index in [-0.39, 0.29) is 6.04 Å². The fourth-order valence-electron chi connectivity index (χ4n) is 0.567. The summed E-state index contributed by atoms with van der Waals surface area (Å²) in [5.41, 5.74) is 5.28. The summed E-state index contributed by atoms with van der Waals surface area (Å²) in [5, 5.41) is 0. The van der Waals surface area contributed by atoms with Gasteiger partial charge in [-0.1, -0.05) is 6.08 Å². The molecular formula is C4H7NO2S. The van der Waals surface area contributed by atoms with Crippen molar-refractivity contribution in [1.82, 2.24) is 0 Å². The summed E-state index contributed by atoms with van der Waals surface area (Å²) in [6, 6.07) is 0.0149. The Hall–Kier alpha value is -0.190. The van der Waals surface area contributed by atoms with Crippen LogP contribution >= 0.6 is 0 Å². The Balaban J connectivity index is 2.54.